The summed E-state index contributed by atoms with van der Waals surface area (Å²) in [7, 11) is 0. The zero-order valence-electron chi connectivity index (χ0n) is 24.8. The Morgan fingerprint density at radius 1 is 0.455 bits per heavy atom. The van der Waals surface area contributed by atoms with E-state index in [1.165, 1.54) is 65.7 Å². The van der Waals surface area contributed by atoms with Gasteiger partial charge in [0, 0.05) is 39.1 Å². The van der Waals surface area contributed by atoms with Crippen LogP contribution in [0.1, 0.15) is 13.8 Å². The molecule has 0 atom stereocenters. The summed E-state index contributed by atoms with van der Waals surface area (Å²) in [4.78, 5) is 4.50. The fourth-order valence-corrected chi connectivity index (χ4v) is 6.75. The number of fused-ring (bicyclic) bond motifs is 7. The van der Waals surface area contributed by atoms with Crippen molar-refractivity contribution in [2.45, 2.75) is 13.8 Å². The summed E-state index contributed by atoms with van der Waals surface area (Å²) < 4.78 is 4.72. The van der Waals surface area contributed by atoms with Crippen molar-refractivity contribution in [2.75, 3.05) is 0 Å². The lowest BCUT2D eigenvalue weighted by Gasteiger charge is -2.10. The lowest BCUT2D eigenvalue weighted by Crippen LogP contribution is -1.94. The molecule has 3 heteroatoms. The summed E-state index contributed by atoms with van der Waals surface area (Å²) in [5.41, 5.74) is 9.45. The van der Waals surface area contributed by atoms with Crippen LogP contribution in [-0.2, 0) is 0 Å². The lowest BCUT2D eigenvalue weighted by molar-refractivity contribution is 1.17. The molecule has 0 saturated carbocycles. The SMILES string of the molecule is CC.c1ccc(-n2c3cnccc3c3c(-c4ccc5c(c4)c4ccccc4n5-c4ccc5ccccc5c4)cccc32)cc1. The molecule has 9 aromatic rings. The average molecular weight is 566 g/mol. The number of aromatic nitrogens is 3. The molecular weight excluding hydrogens is 534 g/mol. The van der Waals surface area contributed by atoms with Gasteiger partial charge >= 0.3 is 0 Å². The minimum atomic E-state index is 1.11. The highest BCUT2D eigenvalue weighted by atomic mass is 15.0. The van der Waals surface area contributed by atoms with Crippen molar-refractivity contribution in [3.8, 4) is 22.5 Å². The van der Waals surface area contributed by atoms with Crippen molar-refractivity contribution in [2.24, 2.45) is 0 Å². The van der Waals surface area contributed by atoms with Crippen LogP contribution in [0, 0.1) is 0 Å². The molecule has 0 fully saturated rings. The number of rotatable bonds is 3. The smallest absolute Gasteiger partial charge is 0.0724 e. The van der Waals surface area contributed by atoms with Gasteiger partial charge in [0.05, 0.1) is 28.3 Å². The monoisotopic (exact) mass is 565 g/mol. The van der Waals surface area contributed by atoms with Crippen LogP contribution in [0.4, 0.5) is 0 Å². The molecule has 0 spiro atoms. The molecule has 3 nitrogen and oxygen atoms in total. The molecule has 0 N–H and O–H groups in total. The molecule has 0 aliphatic rings. The molecule has 0 aliphatic heterocycles. The van der Waals surface area contributed by atoms with Gasteiger partial charge in [-0.2, -0.15) is 0 Å². The minimum absolute atomic E-state index is 1.11. The Balaban J connectivity index is 0.00000142. The number of hydrogen-bond donors (Lipinski definition) is 0. The Kier molecular flexibility index (Phi) is 6.23. The van der Waals surface area contributed by atoms with Crippen molar-refractivity contribution in [1.29, 1.82) is 0 Å². The van der Waals surface area contributed by atoms with Gasteiger partial charge in [-0.15, -0.1) is 0 Å². The van der Waals surface area contributed by atoms with Crippen LogP contribution >= 0.6 is 0 Å². The third-order valence-electron chi connectivity index (χ3n) is 8.58. The highest BCUT2D eigenvalue weighted by molar-refractivity contribution is 6.17. The van der Waals surface area contributed by atoms with E-state index in [0.29, 0.717) is 0 Å². The Morgan fingerprint density at radius 3 is 2.07 bits per heavy atom. The van der Waals surface area contributed by atoms with Crippen LogP contribution < -0.4 is 0 Å². The second-order valence-corrected chi connectivity index (χ2v) is 10.9. The molecule has 3 heterocycles. The molecule has 0 bridgehead atoms. The van der Waals surface area contributed by atoms with Crippen LogP contribution in [0.3, 0.4) is 0 Å². The van der Waals surface area contributed by atoms with Crippen molar-refractivity contribution in [3.63, 3.8) is 0 Å². The summed E-state index contributed by atoms with van der Waals surface area (Å²) in [5.74, 6) is 0. The van der Waals surface area contributed by atoms with E-state index in [1.807, 2.05) is 26.2 Å². The summed E-state index contributed by atoms with van der Waals surface area (Å²) >= 11 is 0. The predicted molar refractivity (Wildman–Crippen MR) is 187 cm³/mol. The highest BCUT2D eigenvalue weighted by Crippen LogP contribution is 2.40. The third kappa shape index (κ3) is 3.94. The number of pyridine rings is 1. The van der Waals surface area contributed by atoms with Gasteiger partial charge in [0.2, 0.25) is 0 Å². The van der Waals surface area contributed by atoms with E-state index in [4.69, 9.17) is 0 Å². The second kappa shape index (κ2) is 10.6. The Bertz CT molecular complexity index is 2460. The summed E-state index contributed by atoms with van der Waals surface area (Å²) in [6.45, 7) is 4.00. The maximum Gasteiger partial charge on any atom is 0.0724 e. The molecule has 0 radical (unpaired) electrons. The number of hydrogen-bond acceptors (Lipinski definition) is 1. The fraction of sp³-hybridized carbons (Fsp3) is 0.0488. The van der Waals surface area contributed by atoms with Gasteiger partial charge < -0.3 is 9.13 Å². The molecule has 0 amide bonds. The van der Waals surface area contributed by atoms with Crippen molar-refractivity contribution < 1.29 is 0 Å². The maximum atomic E-state index is 4.50. The third-order valence-corrected chi connectivity index (χ3v) is 8.58. The van der Waals surface area contributed by atoms with Crippen molar-refractivity contribution in [1.82, 2.24) is 14.1 Å². The zero-order chi connectivity index (χ0) is 29.6. The summed E-state index contributed by atoms with van der Waals surface area (Å²) in [5, 5.41) is 7.46. The minimum Gasteiger partial charge on any atom is -0.309 e. The molecular formula is C41H31N3. The second-order valence-electron chi connectivity index (χ2n) is 10.9. The molecule has 9 rings (SSSR count). The van der Waals surface area contributed by atoms with Crippen LogP contribution in [-0.4, -0.2) is 14.1 Å². The van der Waals surface area contributed by atoms with Gasteiger partial charge in [0.15, 0.2) is 0 Å². The topological polar surface area (TPSA) is 22.8 Å². The van der Waals surface area contributed by atoms with Gasteiger partial charge in [0.1, 0.15) is 0 Å². The molecule has 0 aliphatic carbocycles. The van der Waals surface area contributed by atoms with E-state index >= 15 is 0 Å². The standard InChI is InChI=1S/C39H25N3.C2H6/c1-2-11-29(12-3-1)41-37-16-8-14-31(39(37)33-21-22-40-25-38(33)41)28-18-20-36-34(24-28)32-13-6-7-15-35(32)42(36)30-19-17-26-9-4-5-10-27(26)23-30;1-2/h1-25H;1-2H3. The van der Waals surface area contributed by atoms with Crippen LogP contribution in [0.15, 0.2) is 152 Å². The Morgan fingerprint density at radius 2 is 1.18 bits per heavy atom. The van der Waals surface area contributed by atoms with Crippen molar-refractivity contribution >= 4 is 54.4 Å². The zero-order valence-corrected chi connectivity index (χ0v) is 24.8. The molecule has 0 saturated heterocycles. The average Bonchev–Trinajstić information content (AvgIpc) is 3.62. The fourth-order valence-electron chi connectivity index (χ4n) is 6.75. The van der Waals surface area contributed by atoms with Gasteiger partial charge in [-0.3, -0.25) is 4.98 Å². The van der Waals surface area contributed by atoms with E-state index in [0.717, 1.165) is 11.2 Å². The van der Waals surface area contributed by atoms with Crippen molar-refractivity contribution in [3.05, 3.63) is 152 Å². The molecule has 3 aromatic heterocycles. The Labute approximate surface area is 256 Å². The first-order valence-electron chi connectivity index (χ1n) is 15.3. The van der Waals surface area contributed by atoms with Crippen LogP contribution in [0.5, 0.6) is 0 Å². The largest absolute Gasteiger partial charge is 0.309 e. The Hall–Kier alpha value is -5.67. The van der Waals surface area contributed by atoms with Gasteiger partial charge in [0.25, 0.3) is 0 Å². The van der Waals surface area contributed by atoms with Gasteiger partial charge in [-0.05, 0) is 76.5 Å². The summed E-state index contributed by atoms with van der Waals surface area (Å²) in [6, 6.07) is 50.3. The highest BCUT2D eigenvalue weighted by Gasteiger charge is 2.18. The molecule has 44 heavy (non-hydrogen) atoms. The number of nitrogens with zero attached hydrogens (tertiary/aromatic N) is 3. The first-order valence-corrected chi connectivity index (χ1v) is 15.3. The van der Waals surface area contributed by atoms with Crippen LogP contribution in [0.25, 0.3) is 76.9 Å². The van der Waals surface area contributed by atoms with E-state index in [9.17, 15) is 0 Å². The maximum absolute atomic E-state index is 4.50. The first-order chi connectivity index (χ1) is 21.8. The lowest BCUT2D eigenvalue weighted by atomic mass is 9.98. The van der Waals surface area contributed by atoms with Crippen LogP contribution in [0.2, 0.25) is 0 Å². The number of para-hydroxylation sites is 2. The quantitative estimate of drug-likeness (QED) is 0.209. The van der Waals surface area contributed by atoms with Gasteiger partial charge in [-0.1, -0.05) is 98.8 Å². The normalized spacial score (nSPS) is 11.4. The van der Waals surface area contributed by atoms with E-state index in [2.05, 4.69) is 154 Å². The molecule has 0 unspecified atom stereocenters. The van der Waals surface area contributed by atoms with E-state index < -0.39 is 0 Å². The summed E-state index contributed by atoms with van der Waals surface area (Å²) in [6.07, 6.45) is 3.88. The molecule has 210 valence electrons. The number of benzene rings is 6. The first kappa shape index (κ1) is 26.0. The van der Waals surface area contributed by atoms with Gasteiger partial charge in [-0.25, -0.2) is 0 Å². The molecule has 6 aromatic carbocycles. The van der Waals surface area contributed by atoms with E-state index in [1.54, 1.807) is 0 Å². The van der Waals surface area contributed by atoms with E-state index in [-0.39, 0.29) is 0 Å². The predicted octanol–water partition coefficient (Wildman–Crippen LogP) is 11.1.